The summed E-state index contributed by atoms with van der Waals surface area (Å²) < 4.78 is 41.4. The van der Waals surface area contributed by atoms with Gasteiger partial charge in [-0.15, -0.1) is 0 Å². The van der Waals surface area contributed by atoms with Crippen molar-refractivity contribution in [1.29, 1.82) is 0 Å². The fourth-order valence-corrected chi connectivity index (χ4v) is 7.64. The van der Waals surface area contributed by atoms with Crippen molar-refractivity contribution in [2.75, 3.05) is 0 Å². The second-order valence-electron chi connectivity index (χ2n) is 9.33. The summed E-state index contributed by atoms with van der Waals surface area (Å²) in [5, 5.41) is 0.873. The third kappa shape index (κ3) is 3.96. The first-order valence-electron chi connectivity index (χ1n) is 12.0. The van der Waals surface area contributed by atoms with E-state index in [9.17, 15) is 18.0 Å². The molecule has 9 heteroatoms. The maximum Gasteiger partial charge on any atom is 0.267 e. The Labute approximate surface area is 235 Å². The average Bonchev–Trinajstić information content (AvgIpc) is 3.88. The van der Waals surface area contributed by atoms with Gasteiger partial charge in [-0.2, -0.15) is 0 Å². The minimum atomic E-state index is -4.83. The molecule has 0 N–H and O–H groups in total. The van der Waals surface area contributed by atoms with Gasteiger partial charge in [-0.3, -0.25) is 9.59 Å². The molecule has 39 heavy (non-hydrogen) atoms. The Morgan fingerprint density at radius 1 is 0.564 bits per heavy atom. The Hall–Kier alpha value is -3.33. The Bertz CT molecular complexity index is 1550. The summed E-state index contributed by atoms with van der Waals surface area (Å²) >= 11 is 12.1. The van der Waals surface area contributed by atoms with E-state index in [-0.39, 0.29) is 11.1 Å². The van der Waals surface area contributed by atoms with Crippen LogP contribution < -0.4 is 0 Å². The van der Waals surface area contributed by atoms with E-state index in [4.69, 9.17) is 32.7 Å². The van der Waals surface area contributed by atoms with Crippen molar-refractivity contribution in [2.24, 2.45) is 0 Å². The summed E-state index contributed by atoms with van der Waals surface area (Å²) in [6, 6.07) is 28.7. The molecule has 4 aromatic carbocycles. The van der Waals surface area contributed by atoms with Crippen LogP contribution in [0.4, 0.5) is 0 Å². The van der Waals surface area contributed by atoms with Crippen molar-refractivity contribution in [2.45, 2.75) is 22.1 Å². The molecule has 4 aromatic rings. The van der Waals surface area contributed by atoms with Crippen LogP contribution in [0.5, 0.6) is 0 Å². The molecule has 6 nitrogen and oxygen atoms in total. The first-order valence-corrected chi connectivity index (χ1v) is 14.3. The maximum atomic E-state index is 14.8. The quantitative estimate of drug-likeness (QED) is 0.177. The van der Waals surface area contributed by atoms with Gasteiger partial charge in [0.15, 0.2) is 0 Å². The monoisotopic (exact) mass is 578 g/mol. The van der Waals surface area contributed by atoms with Crippen LogP contribution in [0.3, 0.4) is 0 Å². The van der Waals surface area contributed by atoms with Gasteiger partial charge >= 0.3 is 0 Å². The number of halogens is 2. The van der Waals surface area contributed by atoms with E-state index in [0.29, 0.717) is 21.2 Å². The Balaban J connectivity index is 1.53. The number of ether oxygens (including phenoxy) is 2. The molecule has 0 bridgehead atoms. The van der Waals surface area contributed by atoms with E-state index >= 15 is 0 Å². The van der Waals surface area contributed by atoms with Gasteiger partial charge in [0.2, 0.25) is 21.4 Å². The van der Waals surface area contributed by atoms with Crippen molar-refractivity contribution in [1.82, 2.24) is 0 Å². The third-order valence-corrected chi connectivity index (χ3v) is 10.1. The number of hydrogen-bond donors (Lipinski definition) is 0. The van der Waals surface area contributed by atoms with Crippen LogP contribution >= 0.6 is 23.2 Å². The van der Waals surface area contributed by atoms with Crippen LogP contribution in [-0.4, -0.2) is 29.9 Å². The van der Waals surface area contributed by atoms with E-state index < -0.39 is 43.5 Å². The normalized spacial score (nSPS) is 25.6. The van der Waals surface area contributed by atoms with Gasteiger partial charge in [-0.1, -0.05) is 108 Å². The summed E-state index contributed by atoms with van der Waals surface area (Å²) in [7, 11) is -4.83. The molecule has 0 radical (unpaired) electrons. The van der Waals surface area contributed by atoms with Crippen LogP contribution in [0, 0.1) is 0 Å². The molecule has 0 amide bonds. The molecule has 0 aliphatic carbocycles. The zero-order chi connectivity index (χ0) is 27.4. The first-order chi connectivity index (χ1) is 18.7. The lowest BCUT2D eigenvalue weighted by molar-refractivity contribution is 0.0910. The number of carbonyl (C=O) groups is 2. The molecule has 0 aromatic heterocycles. The number of benzene rings is 4. The van der Waals surface area contributed by atoms with Gasteiger partial charge in [0.05, 0.1) is 0 Å². The van der Waals surface area contributed by atoms with Crippen molar-refractivity contribution < 1.29 is 27.5 Å². The Kier molecular flexibility index (Phi) is 6.25. The van der Waals surface area contributed by atoms with Crippen molar-refractivity contribution in [3.8, 4) is 0 Å². The second kappa shape index (κ2) is 9.40. The van der Waals surface area contributed by atoms with Crippen molar-refractivity contribution in [3.05, 3.63) is 141 Å². The van der Waals surface area contributed by atoms with Gasteiger partial charge in [0, 0.05) is 21.2 Å². The Morgan fingerprint density at radius 2 is 0.897 bits per heavy atom. The Morgan fingerprint density at radius 3 is 1.23 bits per heavy atom. The predicted octanol–water partition coefficient (Wildman–Crippen LogP) is 6.41. The third-order valence-electron chi connectivity index (χ3n) is 7.01. The summed E-state index contributed by atoms with van der Waals surface area (Å²) in [5.41, 5.74) is 1.11. The highest BCUT2D eigenvalue weighted by Gasteiger charge is 2.85. The van der Waals surface area contributed by atoms with Crippen LogP contribution in [-0.2, 0) is 19.3 Å². The lowest BCUT2D eigenvalue weighted by atomic mass is 10.0. The molecule has 2 aliphatic heterocycles. The summed E-state index contributed by atoms with van der Waals surface area (Å²) in [6.07, 6.45) is -2.36. The standard InChI is InChI=1S/C30H20Cl2O6S/c31-23-15-11-21(12-16-23)27-29(37-27,25(33)19-7-3-1-4-8-19)39(35,36)30(26(34)20-9-5-2-6-10-20)28(38-30)22-13-17-24(32)18-14-22/h1-18,27-28H. The second-order valence-corrected chi connectivity index (χ2v) is 12.4. The smallest absolute Gasteiger partial charge is 0.267 e. The zero-order valence-corrected chi connectivity index (χ0v) is 22.5. The fraction of sp³-hybridized carbons (Fsp3) is 0.133. The molecule has 2 fully saturated rings. The largest absolute Gasteiger partial charge is 0.337 e. The number of sulfone groups is 1. The van der Waals surface area contributed by atoms with Crippen molar-refractivity contribution in [3.63, 3.8) is 0 Å². The number of ketones is 2. The van der Waals surface area contributed by atoms with Crippen LogP contribution in [0.15, 0.2) is 109 Å². The highest BCUT2D eigenvalue weighted by molar-refractivity contribution is 7.96. The fourth-order valence-electron chi connectivity index (χ4n) is 4.94. The molecular weight excluding hydrogens is 559 g/mol. The maximum absolute atomic E-state index is 14.8. The van der Waals surface area contributed by atoms with Gasteiger partial charge in [-0.05, 0) is 35.4 Å². The van der Waals surface area contributed by atoms with Crippen LogP contribution in [0.2, 0.25) is 10.0 Å². The lowest BCUT2D eigenvalue weighted by Crippen LogP contribution is -2.48. The molecule has 2 heterocycles. The molecule has 6 rings (SSSR count). The summed E-state index contributed by atoms with van der Waals surface area (Å²) in [4.78, 5) is 23.3. The molecule has 2 aliphatic rings. The number of epoxide rings is 2. The van der Waals surface area contributed by atoms with Gasteiger partial charge in [0.25, 0.3) is 9.87 Å². The van der Waals surface area contributed by atoms with Crippen LogP contribution in [0.25, 0.3) is 0 Å². The molecule has 2 saturated heterocycles. The average molecular weight is 579 g/mol. The molecule has 0 saturated carbocycles. The summed E-state index contributed by atoms with van der Waals surface area (Å²) in [6.45, 7) is 0. The number of rotatable bonds is 8. The highest BCUT2D eigenvalue weighted by Crippen LogP contribution is 2.66. The number of hydrogen-bond acceptors (Lipinski definition) is 6. The number of Topliss-reactive ketones (excluding diaryl/α,β-unsaturated/α-hetero) is 2. The van der Waals surface area contributed by atoms with Gasteiger partial charge in [0.1, 0.15) is 12.2 Å². The topological polar surface area (TPSA) is 93.3 Å². The van der Waals surface area contributed by atoms with E-state index in [2.05, 4.69) is 0 Å². The molecule has 196 valence electrons. The molecule has 4 atom stereocenters. The van der Waals surface area contributed by atoms with Gasteiger partial charge in [-0.25, -0.2) is 8.42 Å². The molecule has 0 spiro atoms. The minimum Gasteiger partial charge on any atom is -0.337 e. The van der Waals surface area contributed by atoms with Crippen LogP contribution in [0.1, 0.15) is 44.1 Å². The summed E-state index contributed by atoms with van der Waals surface area (Å²) in [5.74, 6) is -1.57. The first kappa shape index (κ1) is 25.9. The highest BCUT2D eigenvalue weighted by atomic mass is 35.5. The van der Waals surface area contributed by atoms with Crippen molar-refractivity contribution >= 4 is 44.6 Å². The predicted molar refractivity (Wildman–Crippen MR) is 146 cm³/mol. The minimum absolute atomic E-state index is 0.128. The lowest BCUT2D eigenvalue weighted by Gasteiger charge is -2.20. The SMILES string of the molecule is O=C(c1ccccc1)C1(S(=O)(=O)C2(C(=O)c3ccccc3)OC2c2ccc(Cl)cc2)OC1c1ccc(Cl)cc1. The van der Waals surface area contributed by atoms with E-state index in [1.807, 2.05) is 0 Å². The molecular formula is C30H20Cl2O6S. The van der Waals surface area contributed by atoms with E-state index in [1.54, 1.807) is 84.9 Å². The molecule has 4 unspecified atom stereocenters. The number of carbonyl (C=O) groups excluding carboxylic acids is 2. The zero-order valence-electron chi connectivity index (χ0n) is 20.2. The van der Waals surface area contributed by atoms with E-state index in [0.717, 1.165) is 0 Å². The van der Waals surface area contributed by atoms with E-state index in [1.165, 1.54) is 24.3 Å². The van der Waals surface area contributed by atoms with Gasteiger partial charge < -0.3 is 9.47 Å².